The van der Waals surface area contributed by atoms with Crippen molar-refractivity contribution in [1.29, 1.82) is 0 Å². The van der Waals surface area contributed by atoms with E-state index in [4.69, 9.17) is 0 Å². The van der Waals surface area contributed by atoms with E-state index in [1.807, 2.05) is 19.1 Å². The number of hydrogen-bond acceptors (Lipinski definition) is 2. The molecule has 0 aliphatic heterocycles. The number of hydrogen-bond donors (Lipinski definition) is 1. The Hall–Kier alpha value is -1.81. The summed E-state index contributed by atoms with van der Waals surface area (Å²) >= 11 is 0. The standard InChI is InChI=1S/C14H14F2N2/c1-10(11-5-3-7-17-8-11)18-9-12-4-2-6-13(15)14(12)16/h2-8,10,18H,9H2,1H3. The minimum atomic E-state index is -0.816. The van der Waals surface area contributed by atoms with Gasteiger partial charge in [0, 0.05) is 30.5 Å². The molecule has 0 aliphatic rings. The Balaban J connectivity index is 2.02. The largest absolute Gasteiger partial charge is 0.306 e. The summed E-state index contributed by atoms with van der Waals surface area (Å²) in [5, 5.41) is 3.14. The third-order valence-electron chi connectivity index (χ3n) is 2.81. The Kier molecular flexibility index (Phi) is 3.99. The van der Waals surface area contributed by atoms with Crippen molar-refractivity contribution in [2.24, 2.45) is 0 Å². The molecule has 0 amide bonds. The molecule has 0 radical (unpaired) electrons. The number of aromatic nitrogens is 1. The smallest absolute Gasteiger partial charge is 0.163 e. The van der Waals surface area contributed by atoms with Gasteiger partial charge in [-0.3, -0.25) is 4.98 Å². The van der Waals surface area contributed by atoms with Crippen molar-refractivity contribution < 1.29 is 8.78 Å². The molecule has 18 heavy (non-hydrogen) atoms. The Labute approximate surface area is 105 Å². The second kappa shape index (κ2) is 5.69. The van der Waals surface area contributed by atoms with E-state index in [1.54, 1.807) is 18.5 Å². The van der Waals surface area contributed by atoms with Gasteiger partial charge in [0.25, 0.3) is 0 Å². The van der Waals surface area contributed by atoms with Crippen LogP contribution in [0.3, 0.4) is 0 Å². The zero-order chi connectivity index (χ0) is 13.0. The van der Waals surface area contributed by atoms with Crippen LogP contribution in [0.15, 0.2) is 42.7 Å². The van der Waals surface area contributed by atoms with Crippen molar-refractivity contribution >= 4 is 0 Å². The van der Waals surface area contributed by atoms with Gasteiger partial charge in [0.2, 0.25) is 0 Å². The molecular weight excluding hydrogens is 234 g/mol. The average Bonchev–Trinajstić information content (AvgIpc) is 2.41. The SMILES string of the molecule is CC(NCc1cccc(F)c1F)c1cccnc1. The van der Waals surface area contributed by atoms with Crippen LogP contribution in [0.5, 0.6) is 0 Å². The Morgan fingerprint density at radius 1 is 1.22 bits per heavy atom. The molecule has 94 valence electrons. The molecule has 1 heterocycles. The van der Waals surface area contributed by atoms with Gasteiger partial charge >= 0.3 is 0 Å². The van der Waals surface area contributed by atoms with Gasteiger partial charge in [-0.05, 0) is 24.6 Å². The maximum Gasteiger partial charge on any atom is 0.163 e. The first kappa shape index (κ1) is 12.6. The van der Waals surface area contributed by atoms with E-state index in [-0.39, 0.29) is 12.6 Å². The van der Waals surface area contributed by atoms with E-state index in [9.17, 15) is 8.78 Å². The first-order valence-electron chi connectivity index (χ1n) is 5.74. The fraction of sp³-hybridized carbons (Fsp3) is 0.214. The second-order valence-corrected chi connectivity index (χ2v) is 4.10. The number of nitrogens with zero attached hydrogens (tertiary/aromatic N) is 1. The van der Waals surface area contributed by atoms with Crippen LogP contribution in [0.1, 0.15) is 24.1 Å². The van der Waals surface area contributed by atoms with Gasteiger partial charge in [-0.2, -0.15) is 0 Å². The molecule has 0 spiro atoms. The van der Waals surface area contributed by atoms with E-state index in [1.165, 1.54) is 6.07 Å². The molecular formula is C14H14F2N2. The van der Waals surface area contributed by atoms with Crippen LogP contribution in [-0.2, 0) is 6.54 Å². The predicted molar refractivity (Wildman–Crippen MR) is 65.8 cm³/mol. The van der Waals surface area contributed by atoms with Crippen LogP contribution in [-0.4, -0.2) is 4.98 Å². The third-order valence-corrected chi connectivity index (χ3v) is 2.81. The Morgan fingerprint density at radius 2 is 2.06 bits per heavy atom. The lowest BCUT2D eigenvalue weighted by molar-refractivity contribution is 0.484. The maximum atomic E-state index is 13.4. The van der Waals surface area contributed by atoms with Crippen LogP contribution in [0.25, 0.3) is 0 Å². The minimum Gasteiger partial charge on any atom is -0.306 e. The van der Waals surface area contributed by atoms with Gasteiger partial charge in [-0.1, -0.05) is 18.2 Å². The summed E-state index contributed by atoms with van der Waals surface area (Å²) in [7, 11) is 0. The molecule has 0 saturated carbocycles. The topological polar surface area (TPSA) is 24.9 Å². The molecule has 1 atom stereocenters. The summed E-state index contributed by atoms with van der Waals surface area (Å²) in [6.07, 6.45) is 3.45. The third kappa shape index (κ3) is 2.90. The highest BCUT2D eigenvalue weighted by molar-refractivity contribution is 5.19. The number of nitrogens with one attached hydrogen (secondary N) is 1. The molecule has 1 N–H and O–H groups in total. The predicted octanol–water partition coefficient (Wildman–Crippen LogP) is 3.21. The van der Waals surface area contributed by atoms with Gasteiger partial charge in [-0.15, -0.1) is 0 Å². The van der Waals surface area contributed by atoms with Gasteiger partial charge in [-0.25, -0.2) is 8.78 Å². The summed E-state index contributed by atoms with van der Waals surface area (Å²) < 4.78 is 26.4. The monoisotopic (exact) mass is 248 g/mol. The van der Waals surface area contributed by atoms with Crippen LogP contribution in [0.4, 0.5) is 8.78 Å². The van der Waals surface area contributed by atoms with E-state index >= 15 is 0 Å². The normalized spacial score (nSPS) is 12.4. The van der Waals surface area contributed by atoms with Crippen molar-refractivity contribution in [3.63, 3.8) is 0 Å². The van der Waals surface area contributed by atoms with Crippen molar-refractivity contribution in [3.8, 4) is 0 Å². The van der Waals surface area contributed by atoms with Crippen molar-refractivity contribution in [3.05, 3.63) is 65.5 Å². The van der Waals surface area contributed by atoms with E-state index < -0.39 is 11.6 Å². The molecule has 1 aromatic heterocycles. The lowest BCUT2D eigenvalue weighted by Gasteiger charge is -2.14. The molecule has 2 rings (SSSR count). The highest BCUT2D eigenvalue weighted by Gasteiger charge is 2.09. The Morgan fingerprint density at radius 3 is 2.78 bits per heavy atom. The first-order valence-corrected chi connectivity index (χ1v) is 5.74. The highest BCUT2D eigenvalue weighted by atomic mass is 19.2. The Bertz CT molecular complexity index is 514. The number of pyridine rings is 1. The van der Waals surface area contributed by atoms with Gasteiger partial charge in [0.1, 0.15) is 0 Å². The maximum absolute atomic E-state index is 13.4. The zero-order valence-corrected chi connectivity index (χ0v) is 10.0. The van der Waals surface area contributed by atoms with E-state index in [0.717, 1.165) is 11.6 Å². The summed E-state index contributed by atoms with van der Waals surface area (Å²) in [6, 6.07) is 8.00. The molecule has 0 bridgehead atoms. The fourth-order valence-corrected chi connectivity index (χ4v) is 1.70. The van der Waals surface area contributed by atoms with Crippen molar-refractivity contribution in [1.82, 2.24) is 10.3 Å². The van der Waals surface area contributed by atoms with Gasteiger partial charge in [0.05, 0.1) is 0 Å². The second-order valence-electron chi connectivity index (χ2n) is 4.10. The molecule has 4 heteroatoms. The summed E-state index contributed by atoms with van der Waals surface area (Å²) in [5.41, 5.74) is 1.33. The first-order chi connectivity index (χ1) is 8.68. The molecule has 1 aromatic carbocycles. The number of halogens is 2. The van der Waals surface area contributed by atoms with E-state index in [2.05, 4.69) is 10.3 Å². The lowest BCUT2D eigenvalue weighted by atomic mass is 10.1. The van der Waals surface area contributed by atoms with Crippen molar-refractivity contribution in [2.75, 3.05) is 0 Å². The molecule has 0 aliphatic carbocycles. The summed E-state index contributed by atoms with van der Waals surface area (Å²) in [6.45, 7) is 2.23. The number of rotatable bonds is 4. The summed E-state index contributed by atoms with van der Waals surface area (Å²) in [5.74, 6) is -1.60. The lowest BCUT2D eigenvalue weighted by Crippen LogP contribution is -2.19. The van der Waals surface area contributed by atoms with Crippen LogP contribution in [0, 0.1) is 11.6 Å². The highest BCUT2D eigenvalue weighted by Crippen LogP contribution is 2.14. The van der Waals surface area contributed by atoms with Gasteiger partial charge < -0.3 is 5.32 Å². The van der Waals surface area contributed by atoms with Gasteiger partial charge in [0.15, 0.2) is 11.6 Å². The molecule has 2 nitrogen and oxygen atoms in total. The van der Waals surface area contributed by atoms with Crippen LogP contribution >= 0.6 is 0 Å². The zero-order valence-electron chi connectivity index (χ0n) is 10.0. The van der Waals surface area contributed by atoms with Crippen LogP contribution in [0.2, 0.25) is 0 Å². The van der Waals surface area contributed by atoms with Crippen LogP contribution < -0.4 is 5.32 Å². The number of benzene rings is 1. The van der Waals surface area contributed by atoms with E-state index in [0.29, 0.717) is 5.56 Å². The fourth-order valence-electron chi connectivity index (χ4n) is 1.70. The molecule has 0 fully saturated rings. The average molecular weight is 248 g/mol. The quantitative estimate of drug-likeness (QED) is 0.898. The molecule has 2 aromatic rings. The molecule has 0 saturated heterocycles. The molecule has 1 unspecified atom stereocenters. The summed E-state index contributed by atoms with van der Waals surface area (Å²) in [4.78, 5) is 4.02. The van der Waals surface area contributed by atoms with Crippen molar-refractivity contribution in [2.45, 2.75) is 19.5 Å². The minimum absolute atomic E-state index is 0.0290.